The molecule has 2 aromatic rings. The van der Waals surface area contributed by atoms with Gasteiger partial charge >= 0.3 is 0 Å². The third-order valence-electron chi connectivity index (χ3n) is 4.93. The first-order valence-corrected chi connectivity index (χ1v) is 9.02. The van der Waals surface area contributed by atoms with Crippen molar-refractivity contribution >= 4 is 34.5 Å². The molecule has 0 unspecified atom stereocenters. The van der Waals surface area contributed by atoms with Gasteiger partial charge in [0.25, 0.3) is 0 Å². The highest BCUT2D eigenvalue weighted by atomic mass is 19.1. The molecule has 0 bridgehead atoms. The molecule has 1 aliphatic carbocycles. The molecule has 7 heteroatoms. The van der Waals surface area contributed by atoms with Gasteiger partial charge in [-0.2, -0.15) is 0 Å². The van der Waals surface area contributed by atoms with Gasteiger partial charge in [0.15, 0.2) is 23.1 Å². The quantitative estimate of drug-likeness (QED) is 0.486. The number of anilines is 2. The number of benzene rings is 1. The zero-order chi connectivity index (χ0) is 19.8. The predicted octanol–water partition coefficient (Wildman–Crippen LogP) is 3.89. The Labute approximate surface area is 161 Å². The average molecular weight is 379 g/mol. The molecule has 1 saturated carbocycles. The molecule has 0 spiro atoms. The van der Waals surface area contributed by atoms with Gasteiger partial charge in [0.05, 0.1) is 6.54 Å². The number of aryl methyl sites for hydroxylation is 1. The van der Waals surface area contributed by atoms with Crippen LogP contribution >= 0.6 is 0 Å². The lowest BCUT2D eigenvalue weighted by atomic mass is 9.90. The number of rotatable bonds is 2. The lowest BCUT2D eigenvalue weighted by molar-refractivity contribution is -0.124. The summed E-state index contributed by atoms with van der Waals surface area (Å²) in [4.78, 5) is 34.8. The highest BCUT2D eigenvalue weighted by molar-refractivity contribution is 6.26. The van der Waals surface area contributed by atoms with Crippen molar-refractivity contribution < 1.29 is 19.1 Å². The number of ketones is 2. The molecule has 1 fully saturated rings. The third kappa shape index (κ3) is 3.09. The van der Waals surface area contributed by atoms with Gasteiger partial charge in [-0.1, -0.05) is 6.07 Å². The maximum Gasteiger partial charge on any atom is 0.170 e. The van der Waals surface area contributed by atoms with Gasteiger partial charge in [-0.05, 0) is 43.2 Å². The first-order valence-electron chi connectivity index (χ1n) is 9.02. The van der Waals surface area contributed by atoms with Crippen molar-refractivity contribution in [3.8, 4) is 0 Å². The summed E-state index contributed by atoms with van der Waals surface area (Å²) in [5.74, 6) is -1.00. The second-order valence-corrected chi connectivity index (χ2v) is 6.85. The lowest BCUT2D eigenvalue weighted by Gasteiger charge is -2.29. The van der Waals surface area contributed by atoms with Crippen molar-refractivity contribution in [1.82, 2.24) is 4.98 Å². The number of Topliss-reactive ketones (excluding diaryl/α,β-unsaturated/α-hetero) is 2. The van der Waals surface area contributed by atoms with Crippen LogP contribution in [-0.2, 0) is 9.59 Å². The van der Waals surface area contributed by atoms with E-state index in [0.717, 1.165) is 0 Å². The molecule has 0 saturated heterocycles. The van der Waals surface area contributed by atoms with E-state index in [9.17, 15) is 19.1 Å². The Morgan fingerprint density at radius 2 is 1.93 bits per heavy atom. The first kappa shape index (κ1) is 18.0. The number of aliphatic imine (C=N–C) groups is 1. The number of carbonyl (C=O) groups is 2. The number of pyridine rings is 1. The van der Waals surface area contributed by atoms with Gasteiger partial charge < -0.3 is 10.0 Å². The van der Waals surface area contributed by atoms with Crippen LogP contribution in [0.25, 0.3) is 0 Å². The van der Waals surface area contributed by atoms with Crippen molar-refractivity contribution in [2.45, 2.75) is 26.2 Å². The molecule has 2 aliphatic rings. The highest BCUT2D eigenvalue weighted by Crippen LogP contribution is 2.36. The summed E-state index contributed by atoms with van der Waals surface area (Å²) < 4.78 is 14.1. The minimum Gasteiger partial charge on any atom is -0.505 e. The van der Waals surface area contributed by atoms with Gasteiger partial charge in [0, 0.05) is 24.7 Å². The van der Waals surface area contributed by atoms with E-state index in [0.29, 0.717) is 29.2 Å². The Bertz CT molecular complexity index is 1040. The van der Waals surface area contributed by atoms with E-state index in [2.05, 4.69) is 9.98 Å². The van der Waals surface area contributed by atoms with E-state index in [1.165, 1.54) is 6.07 Å². The van der Waals surface area contributed by atoms with E-state index >= 15 is 0 Å². The molecule has 4 rings (SSSR count). The summed E-state index contributed by atoms with van der Waals surface area (Å²) >= 11 is 0. The molecule has 0 atom stereocenters. The maximum absolute atomic E-state index is 14.1. The predicted molar refractivity (Wildman–Crippen MR) is 103 cm³/mol. The summed E-state index contributed by atoms with van der Waals surface area (Å²) in [6.45, 7) is 1.73. The van der Waals surface area contributed by atoms with Crippen LogP contribution in [0.4, 0.5) is 21.6 Å². The molecule has 0 radical (unpaired) electrons. The number of hydrogen-bond acceptors (Lipinski definition) is 6. The fourth-order valence-electron chi connectivity index (χ4n) is 3.40. The molecule has 1 aliphatic heterocycles. The molecule has 6 nitrogen and oxygen atoms in total. The SMILES string of the molecule is Cc1ccc(N2CC(C(O)=C3C(=O)CCCC3=O)=Nc3cccnc32)cc1F. The van der Waals surface area contributed by atoms with E-state index in [1.54, 1.807) is 42.3 Å². The zero-order valence-corrected chi connectivity index (χ0v) is 15.3. The van der Waals surface area contributed by atoms with Crippen LogP contribution in [0.15, 0.2) is 52.9 Å². The van der Waals surface area contributed by atoms with E-state index in [4.69, 9.17) is 0 Å². The van der Waals surface area contributed by atoms with Crippen molar-refractivity contribution in [1.29, 1.82) is 0 Å². The molecule has 1 aromatic heterocycles. The van der Waals surface area contributed by atoms with Crippen LogP contribution in [0, 0.1) is 12.7 Å². The van der Waals surface area contributed by atoms with Crippen molar-refractivity contribution in [3.05, 3.63) is 59.2 Å². The van der Waals surface area contributed by atoms with Crippen LogP contribution in [-0.4, -0.2) is 33.9 Å². The topological polar surface area (TPSA) is 82.9 Å². The van der Waals surface area contributed by atoms with E-state index in [1.807, 2.05) is 0 Å². The molecule has 1 aromatic carbocycles. The normalized spacial score (nSPS) is 16.7. The van der Waals surface area contributed by atoms with Crippen molar-refractivity contribution in [3.63, 3.8) is 0 Å². The number of aromatic nitrogens is 1. The molecular formula is C21H18FN3O3. The number of nitrogens with zero attached hydrogens (tertiary/aromatic N) is 3. The fraction of sp³-hybridized carbons (Fsp3) is 0.238. The molecular weight excluding hydrogens is 361 g/mol. The first-order chi connectivity index (χ1) is 13.5. The standard InChI is InChI=1S/C21H18FN3O3/c1-12-7-8-13(10-14(12)22)25-11-16(24-15-4-3-9-23-21(15)25)20(28)19-17(26)5-2-6-18(19)27/h3-4,7-10,28H,2,5-6,11H2,1H3. The number of aliphatic hydroxyl groups is 1. The Balaban J connectivity index is 1.82. The second kappa shape index (κ2) is 6.99. The number of allylic oxidation sites excluding steroid dienone is 1. The maximum atomic E-state index is 14.1. The van der Waals surface area contributed by atoms with Crippen LogP contribution in [0.2, 0.25) is 0 Å². The molecule has 142 valence electrons. The summed E-state index contributed by atoms with van der Waals surface area (Å²) in [7, 11) is 0. The number of carbonyl (C=O) groups excluding carboxylic acids is 2. The van der Waals surface area contributed by atoms with E-state index in [-0.39, 0.29) is 48.1 Å². The molecule has 1 N–H and O–H groups in total. The lowest BCUT2D eigenvalue weighted by Crippen LogP contribution is -2.32. The number of hydrogen-bond donors (Lipinski definition) is 1. The average Bonchev–Trinajstić information content (AvgIpc) is 2.69. The van der Waals surface area contributed by atoms with Gasteiger partial charge in [-0.25, -0.2) is 14.4 Å². The van der Waals surface area contributed by atoms with Crippen LogP contribution in [0.1, 0.15) is 24.8 Å². The Hall–Kier alpha value is -3.35. The molecule has 0 amide bonds. The summed E-state index contributed by atoms with van der Waals surface area (Å²) in [5.41, 5.74) is 1.51. The van der Waals surface area contributed by atoms with Crippen molar-refractivity contribution in [2.24, 2.45) is 4.99 Å². The summed E-state index contributed by atoms with van der Waals surface area (Å²) in [5, 5.41) is 10.7. The second-order valence-electron chi connectivity index (χ2n) is 6.85. The van der Waals surface area contributed by atoms with Crippen LogP contribution in [0.5, 0.6) is 0 Å². The van der Waals surface area contributed by atoms with Gasteiger partial charge in [0.2, 0.25) is 0 Å². The zero-order valence-electron chi connectivity index (χ0n) is 15.3. The Morgan fingerprint density at radius 3 is 2.64 bits per heavy atom. The third-order valence-corrected chi connectivity index (χ3v) is 4.93. The van der Waals surface area contributed by atoms with Crippen LogP contribution in [0.3, 0.4) is 0 Å². The summed E-state index contributed by atoms with van der Waals surface area (Å²) in [6.07, 6.45) is 2.54. The van der Waals surface area contributed by atoms with Crippen molar-refractivity contribution in [2.75, 3.05) is 11.4 Å². The molecule has 28 heavy (non-hydrogen) atoms. The van der Waals surface area contributed by atoms with E-state index < -0.39 is 5.76 Å². The van der Waals surface area contributed by atoms with Crippen LogP contribution < -0.4 is 4.90 Å². The largest absolute Gasteiger partial charge is 0.505 e. The Morgan fingerprint density at radius 1 is 1.18 bits per heavy atom. The molecule has 2 heterocycles. The van der Waals surface area contributed by atoms with Gasteiger partial charge in [0.1, 0.15) is 22.8 Å². The van der Waals surface area contributed by atoms with Gasteiger partial charge in [-0.3, -0.25) is 9.59 Å². The fourth-order valence-corrected chi connectivity index (χ4v) is 3.40. The minimum atomic E-state index is -0.401. The van der Waals surface area contributed by atoms with Gasteiger partial charge in [-0.15, -0.1) is 0 Å². The monoisotopic (exact) mass is 379 g/mol. The highest BCUT2D eigenvalue weighted by Gasteiger charge is 2.32. The minimum absolute atomic E-state index is 0.0579. The number of aliphatic hydroxyl groups excluding tert-OH is 1. The Kier molecular flexibility index (Phi) is 4.50. The number of fused-ring (bicyclic) bond motifs is 1. The summed E-state index contributed by atoms with van der Waals surface area (Å²) in [6, 6.07) is 8.20. The smallest absolute Gasteiger partial charge is 0.170 e. The number of halogens is 1.